The van der Waals surface area contributed by atoms with Crippen LogP contribution in [-0.4, -0.2) is 43.1 Å². The molecule has 1 aliphatic heterocycles. The zero-order chi connectivity index (χ0) is 17.0. The van der Waals surface area contributed by atoms with Crippen molar-refractivity contribution >= 4 is 52.2 Å². The number of aliphatic carboxylic acids is 1. The topological polar surface area (TPSA) is 114 Å². The molecule has 120 valence electrons. The maximum atomic E-state index is 12.5. The molecule has 1 aromatic rings. The Kier molecular flexibility index (Phi) is 5.45. The fourth-order valence-corrected chi connectivity index (χ4v) is 3.36. The largest absolute Gasteiger partial charge is 0.480 e. The van der Waals surface area contributed by atoms with Gasteiger partial charge in [0.1, 0.15) is 10.4 Å². The average Bonchev–Trinajstić information content (AvgIpc) is 2.75. The summed E-state index contributed by atoms with van der Waals surface area (Å²) in [5.41, 5.74) is 5.80. The first-order valence-electron chi connectivity index (χ1n) is 6.58. The third kappa shape index (κ3) is 4.14. The van der Waals surface area contributed by atoms with Crippen molar-refractivity contribution in [3.8, 4) is 0 Å². The Morgan fingerprint density at radius 3 is 2.65 bits per heavy atom. The van der Waals surface area contributed by atoms with Crippen molar-refractivity contribution in [3.05, 3.63) is 35.0 Å². The number of carbonyl (C=O) groups excluding carboxylic acids is 2. The molecule has 3 N–H and O–H groups in total. The predicted octanol–water partition coefficient (Wildman–Crippen LogP) is 1.00. The van der Waals surface area contributed by atoms with Gasteiger partial charge in [-0.3, -0.25) is 19.5 Å². The van der Waals surface area contributed by atoms with Crippen LogP contribution < -0.4 is 5.73 Å². The Bertz CT molecular complexity index is 691. The van der Waals surface area contributed by atoms with Crippen LogP contribution in [0.5, 0.6) is 0 Å². The molecule has 23 heavy (non-hydrogen) atoms. The molecule has 0 spiro atoms. The number of aromatic nitrogens is 1. The fourth-order valence-electron chi connectivity index (χ4n) is 2.00. The van der Waals surface area contributed by atoms with Gasteiger partial charge >= 0.3 is 5.97 Å². The molecule has 2 amide bonds. The minimum Gasteiger partial charge on any atom is -0.480 e. The second-order valence-electron chi connectivity index (χ2n) is 4.69. The van der Waals surface area contributed by atoms with E-state index in [-0.39, 0.29) is 17.2 Å². The zero-order valence-corrected chi connectivity index (χ0v) is 13.5. The van der Waals surface area contributed by atoms with Crippen LogP contribution in [0.4, 0.5) is 0 Å². The van der Waals surface area contributed by atoms with Gasteiger partial charge in [0.15, 0.2) is 0 Å². The van der Waals surface area contributed by atoms with Crippen molar-refractivity contribution in [3.63, 3.8) is 0 Å². The molecule has 9 heteroatoms. The molecular formula is C14H13N3O4S2. The fraction of sp³-hybridized carbons (Fsp3) is 0.214. The first kappa shape index (κ1) is 17.1. The number of carboxylic acid groups (broad SMARTS) is 1. The van der Waals surface area contributed by atoms with Crippen LogP contribution in [0.3, 0.4) is 0 Å². The quantitative estimate of drug-likeness (QED) is 0.580. The second kappa shape index (κ2) is 7.34. The molecule has 0 bridgehead atoms. The van der Waals surface area contributed by atoms with Gasteiger partial charge in [-0.1, -0.05) is 24.0 Å². The molecule has 1 fully saturated rings. The number of nitrogens with two attached hydrogens (primary N) is 1. The van der Waals surface area contributed by atoms with E-state index in [0.29, 0.717) is 4.91 Å². The van der Waals surface area contributed by atoms with Crippen LogP contribution in [0.15, 0.2) is 29.4 Å². The van der Waals surface area contributed by atoms with E-state index in [0.717, 1.165) is 22.2 Å². The Labute approximate surface area is 141 Å². The van der Waals surface area contributed by atoms with E-state index in [4.69, 9.17) is 18.0 Å². The van der Waals surface area contributed by atoms with E-state index in [1.54, 1.807) is 30.6 Å². The summed E-state index contributed by atoms with van der Waals surface area (Å²) in [6.07, 6.45) is 4.56. The summed E-state index contributed by atoms with van der Waals surface area (Å²) < 4.78 is 0.146. The van der Waals surface area contributed by atoms with E-state index in [1.807, 2.05) is 0 Å². The van der Waals surface area contributed by atoms with E-state index in [1.165, 1.54) is 0 Å². The number of thioether (sulfide) groups is 1. The Hall–Kier alpha value is -2.26. The first-order valence-corrected chi connectivity index (χ1v) is 7.81. The van der Waals surface area contributed by atoms with Crippen molar-refractivity contribution in [2.75, 3.05) is 0 Å². The summed E-state index contributed by atoms with van der Waals surface area (Å²) in [5.74, 6) is -2.35. The third-order valence-electron chi connectivity index (χ3n) is 3.09. The highest BCUT2D eigenvalue weighted by Gasteiger charge is 2.40. The number of amides is 2. The van der Waals surface area contributed by atoms with E-state index in [9.17, 15) is 19.5 Å². The molecule has 1 aromatic heterocycles. The number of pyridine rings is 1. The lowest BCUT2D eigenvalue weighted by atomic mass is 10.1. The van der Waals surface area contributed by atoms with Gasteiger partial charge in [0.2, 0.25) is 5.91 Å². The number of rotatable bonds is 6. The molecule has 0 saturated carbocycles. The van der Waals surface area contributed by atoms with Gasteiger partial charge in [-0.25, -0.2) is 4.79 Å². The first-order chi connectivity index (χ1) is 10.9. The van der Waals surface area contributed by atoms with E-state index >= 15 is 0 Å². The molecule has 0 aromatic carbocycles. The van der Waals surface area contributed by atoms with Crippen molar-refractivity contribution in [1.82, 2.24) is 9.88 Å². The molecule has 1 unspecified atom stereocenters. The number of hydrogen-bond acceptors (Lipinski definition) is 6. The number of carbonyl (C=O) groups is 3. The summed E-state index contributed by atoms with van der Waals surface area (Å²) in [4.78, 5) is 40.0. The average molecular weight is 351 g/mol. The monoisotopic (exact) mass is 351 g/mol. The smallest absolute Gasteiger partial charge is 0.326 e. The number of primary amides is 1. The minimum atomic E-state index is -1.23. The zero-order valence-electron chi connectivity index (χ0n) is 11.8. The van der Waals surface area contributed by atoms with Gasteiger partial charge in [-0.15, -0.1) is 0 Å². The predicted molar refractivity (Wildman–Crippen MR) is 89.1 cm³/mol. The highest BCUT2D eigenvalue weighted by Crippen LogP contribution is 2.34. The molecule has 1 atom stereocenters. The number of carboxylic acids is 1. The van der Waals surface area contributed by atoms with Gasteiger partial charge in [0.05, 0.1) is 4.91 Å². The maximum Gasteiger partial charge on any atom is 0.326 e. The summed E-state index contributed by atoms with van der Waals surface area (Å²) in [6, 6.07) is 2.22. The van der Waals surface area contributed by atoms with Crippen LogP contribution in [0.2, 0.25) is 0 Å². The lowest BCUT2D eigenvalue weighted by Crippen LogP contribution is -2.44. The minimum absolute atomic E-state index is 0.0837. The molecule has 2 rings (SSSR count). The van der Waals surface area contributed by atoms with Gasteiger partial charge in [0.25, 0.3) is 5.91 Å². The van der Waals surface area contributed by atoms with Crippen LogP contribution in [0.1, 0.15) is 18.4 Å². The Balaban J connectivity index is 2.24. The normalized spacial score (nSPS) is 17.6. The van der Waals surface area contributed by atoms with Gasteiger partial charge in [-0.2, -0.15) is 0 Å². The van der Waals surface area contributed by atoms with E-state index < -0.39 is 23.8 Å². The second-order valence-corrected chi connectivity index (χ2v) is 6.37. The summed E-state index contributed by atoms with van der Waals surface area (Å²) in [7, 11) is 0. The van der Waals surface area contributed by atoms with Crippen molar-refractivity contribution < 1.29 is 19.5 Å². The number of hydrogen-bond donors (Lipinski definition) is 2. The Morgan fingerprint density at radius 1 is 1.43 bits per heavy atom. The molecule has 1 aliphatic rings. The molecule has 0 radical (unpaired) electrons. The van der Waals surface area contributed by atoms with Gasteiger partial charge < -0.3 is 10.8 Å². The molecular weight excluding hydrogens is 338 g/mol. The van der Waals surface area contributed by atoms with Gasteiger partial charge in [-0.05, 0) is 30.2 Å². The highest BCUT2D eigenvalue weighted by atomic mass is 32.2. The van der Waals surface area contributed by atoms with Crippen LogP contribution in [-0.2, 0) is 14.4 Å². The van der Waals surface area contributed by atoms with Crippen LogP contribution >= 0.6 is 24.0 Å². The molecule has 0 aliphatic carbocycles. The maximum absolute atomic E-state index is 12.5. The number of nitrogens with zero attached hydrogens (tertiary/aromatic N) is 2. The van der Waals surface area contributed by atoms with Crippen LogP contribution in [0, 0.1) is 0 Å². The highest BCUT2D eigenvalue weighted by molar-refractivity contribution is 8.26. The SMILES string of the molecule is NC(=O)CCC(C(=O)O)N1C(=O)/C(=C/c2ccncc2)SC1=S. The standard InChI is InChI=1S/C14H13N3O4S2/c15-11(18)2-1-9(13(20)21)17-12(19)10(23-14(17)22)7-8-3-5-16-6-4-8/h3-7,9H,1-2H2,(H2,15,18)(H,20,21)/b10-7-. The molecule has 2 heterocycles. The van der Waals surface area contributed by atoms with Gasteiger partial charge in [0, 0.05) is 18.8 Å². The van der Waals surface area contributed by atoms with Crippen molar-refractivity contribution in [2.45, 2.75) is 18.9 Å². The van der Waals surface area contributed by atoms with Crippen molar-refractivity contribution in [2.24, 2.45) is 5.73 Å². The Morgan fingerprint density at radius 2 is 2.09 bits per heavy atom. The lowest BCUT2D eigenvalue weighted by molar-refractivity contribution is -0.145. The summed E-state index contributed by atoms with van der Waals surface area (Å²) >= 11 is 6.15. The summed E-state index contributed by atoms with van der Waals surface area (Å²) in [5, 5.41) is 9.32. The molecule has 7 nitrogen and oxygen atoms in total. The third-order valence-corrected chi connectivity index (χ3v) is 4.42. The summed E-state index contributed by atoms with van der Waals surface area (Å²) in [6.45, 7) is 0. The lowest BCUT2D eigenvalue weighted by Gasteiger charge is -2.22. The van der Waals surface area contributed by atoms with E-state index in [2.05, 4.69) is 4.98 Å². The van der Waals surface area contributed by atoms with Crippen LogP contribution in [0.25, 0.3) is 6.08 Å². The van der Waals surface area contributed by atoms with Crippen molar-refractivity contribution in [1.29, 1.82) is 0 Å². The number of thiocarbonyl (C=S) groups is 1. The molecule has 1 saturated heterocycles.